The molecule has 0 N–H and O–H groups in total. The van der Waals surface area contributed by atoms with E-state index in [0.717, 1.165) is 24.2 Å². The Labute approximate surface area is 100 Å². The standard InChI is InChI=1S/C10H22Cl2Si2/c1-5-13(11,6-2)9-10-14(12,7-3)8-4/h9-10H,5-8H2,1-4H3. The van der Waals surface area contributed by atoms with Gasteiger partial charge in [0.2, 0.25) is 0 Å². The smallest absolute Gasteiger partial charge is 0.162 e. The maximum atomic E-state index is 6.54. The Morgan fingerprint density at radius 2 is 0.929 bits per heavy atom. The van der Waals surface area contributed by atoms with Crippen LogP contribution in [-0.2, 0) is 0 Å². The summed E-state index contributed by atoms with van der Waals surface area (Å²) >= 11 is 13.1. The third-order valence-electron chi connectivity index (χ3n) is 3.03. The van der Waals surface area contributed by atoms with Crippen molar-refractivity contribution in [1.29, 1.82) is 0 Å². The van der Waals surface area contributed by atoms with E-state index >= 15 is 0 Å². The summed E-state index contributed by atoms with van der Waals surface area (Å²) in [5, 5.41) is 0. The zero-order valence-electron chi connectivity index (χ0n) is 9.74. The quantitative estimate of drug-likeness (QED) is 0.466. The minimum Gasteiger partial charge on any atom is -0.162 e. The first-order valence-corrected chi connectivity index (χ1v) is 12.5. The van der Waals surface area contributed by atoms with Gasteiger partial charge in [-0.25, -0.2) is 0 Å². The molecule has 0 amide bonds. The number of hydrogen-bond acceptors (Lipinski definition) is 0. The van der Waals surface area contributed by atoms with E-state index in [2.05, 4.69) is 39.1 Å². The van der Waals surface area contributed by atoms with E-state index in [9.17, 15) is 0 Å². The molecule has 14 heavy (non-hydrogen) atoms. The molecule has 0 nitrogen and oxygen atoms in total. The van der Waals surface area contributed by atoms with Crippen LogP contribution in [0.1, 0.15) is 27.7 Å². The highest BCUT2D eigenvalue weighted by Crippen LogP contribution is 2.26. The molecule has 0 aromatic heterocycles. The Bertz CT molecular complexity index is 165. The summed E-state index contributed by atoms with van der Waals surface area (Å²) < 4.78 is 0. The summed E-state index contributed by atoms with van der Waals surface area (Å²) in [5.41, 5.74) is 4.56. The van der Waals surface area contributed by atoms with E-state index in [4.69, 9.17) is 22.2 Å². The molecule has 0 saturated carbocycles. The summed E-state index contributed by atoms with van der Waals surface area (Å²) in [6.07, 6.45) is 0. The molecule has 0 rings (SSSR count). The van der Waals surface area contributed by atoms with Gasteiger partial charge in [0.1, 0.15) is 0 Å². The Morgan fingerprint density at radius 1 is 0.714 bits per heavy atom. The molecule has 84 valence electrons. The normalized spacial score (nSPS) is 13.9. The Hall–Kier alpha value is 0.754. The molecule has 0 aromatic carbocycles. The molecule has 0 unspecified atom stereocenters. The summed E-state index contributed by atoms with van der Waals surface area (Å²) in [5.74, 6) is 0. The first kappa shape index (κ1) is 14.8. The van der Waals surface area contributed by atoms with Crippen molar-refractivity contribution in [2.24, 2.45) is 0 Å². The van der Waals surface area contributed by atoms with Crippen LogP contribution in [0.15, 0.2) is 11.4 Å². The second kappa shape index (κ2) is 6.36. The summed E-state index contributed by atoms with van der Waals surface area (Å²) in [6.45, 7) is 8.73. The maximum absolute atomic E-state index is 6.54. The number of rotatable bonds is 6. The molecule has 0 spiro atoms. The van der Waals surface area contributed by atoms with Crippen LogP contribution >= 0.6 is 22.2 Å². The van der Waals surface area contributed by atoms with Gasteiger partial charge in [-0.2, -0.15) is 22.2 Å². The van der Waals surface area contributed by atoms with Crippen molar-refractivity contribution in [2.75, 3.05) is 0 Å². The molecule has 0 atom stereocenters. The Balaban J connectivity index is 4.54. The van der Waals surface area contributed by atoms with Crippen molar-refractivity contribution in [3.63, 3.8) is 0 Å². The van der Waals surface area contributed by atoms with E-state index in [1.165, 1.54) is 0 Å². The van der Waals surface area contributed by atoms with Crippen molar-refractivity contribution < 1.29 is 0 Å². The fourth-order valence-electron chi connectivity index (χ4n) is 1.27. The minimum absolute atomic E-state index is 1.11. The predicted molar refractivity (Wildman–Crippen MR) is 74.3 cm³/mol. The molecule has 0 fully saturated rings. The van der Waals surface area contributed by atoms with Crippen LogP contribution in [0.5, 0.6) is 0 Å². The molecular weight excluding hydrogens is 247 g/mol. The SMILES string of the molecule is CC[Si](Cl)(C=C[Si](Cl)(CC)CC)CC. The fourth-order valence-corrected chi connectivity index (χ4v) is 6.74. The molecule has 0 aromatic rings. The largest absolute Gasteiger partial charge is 0.178 e. The van der Waals surface area contributed by atoms with Crippen molar-refractivity contribution in [3.05, 3.63) is 11.4 Å². The van der Waals surface area contributed by atoms with Gasteiger partial charge in [-0.15, -0.1) is 0 Å². The highest BCUT2D eigenvalue weighted by atomic mass is 35.6. The zero-order chi connectivity index (χ0) is 11.2. The third-order valence-corrected chi connectivity index (χ3v) is 13.6. The second-order valence-electron chi connectivity index (χ2n) is 3.82. The van der Waals surface area contributed by atoms with Crippen LogP contribution in [0.2, 0.25) is 24.2 Å². The van der Waals surface area contributed by atoms with Gasteiger partial charge in [0, 0.05) is 0 Å². The molecule has 4 heteroatoms. The van der Waals surface area contributed by atoms with Crippen LogP contribution in [-0.4, -0.2) is 14.8 Å². The number of hydrogen-bond donors (Lipinski definition) is 0. The van der Waals surface area contributed by atoms with Crippen LogP contribution < -0.4 is 0 Å². The average Bonchev–Trinajstić information content (AvgIpc) is 2.25. The van der Waals surface area contributed by atoms with Crippen molar-refractivity contribution in [1.82, 2.24) is 0 Å². The minimum atomic E-state index is -1.60. The van der Waals surface area contributed by atoms with Gasteiger partial charge in [-0.3, -0.25) is 0 Å². The van der Waals surface area contributed by atoms with Crippen LogP contribution in [0.3, 0.4) is 0 Å². The van der Waals surface area contributed by atoms with Gasteiger partial charge in [0.15, 0.2) is 14.8 Å². The summed E-state index contributed by atoms with van der Waals surface area (Å²) in [7, 11) is -3.20. The van der Waals surface area contributed by atoms with E-state index in [-0.39, 0.29) is 0 Å². The summed E-state index contributed by atoms with van der Waals surface area (Å²) in [4.78, 5) is 0. The lowest BCUT2D eigenvalue weighted by atomic mass is 10.9. The first-order chi connectivity index (χ1) is 6.45. The van der Waals surface area contributed by atoms with Gasteiger partial charge in [0.25, 0.3) is 0 Å². The molecule has 0 aliphatic heterocycles. The first-order valence-electron chi connectivity index (χ1n) is 5.53. The van der Waals surface area contributed by atoms with Gasteiger partial charge in [-0.05, 0) is 24.2 Å². The van der Waals surface area contributed by atoms with Crippen LogP contribution in [0.4, 0.5) is 0 Å². The maximum Gasteiger partial charge on any atom is 0.178 e. The van der Waals surface area contributed by atoms with Gasteiger partial charge < -0.3 is 0 Å². The van der Waals surface area contributed by atoms with E-state index in [0.29, 0.717) is 0 Å². The summed E-state index contributed by atoms with van der Waals surface area (Å²) in [6, 6.07) is 4.43. The Kier molecular flexibility index (Phi) is 6.70. The average molecular weight is 269 g/mol. The molecular formula is C10H22Cl2Si2. The lowest BCUT2D eigenvalue weighted by Crippen LogP contribution is -2.27. The molecule has 0 bridgehead atoms. The van der Waals surface area contributed by atoms with Crippen molar-refractivity contribution >= 4 is 36.9 Å². The molecule has 0 radical (unpaired) electrons. The fraction of sp³-hybridized carbons (Fsp3) is 0.800. The van der Waals surface area contributed by atoms with Crippen molar-refractivity contribution in [3.8, 4) is 0 Å². The Morgan fingerprint density at radius 3 is 1.07 bits per heavy atom. The highest BCUT2D eigenvalue weighted by molar-refractivity contribution is 7.26. The zero-order valence-corrected chi connectivity index (χ0v) is 13.3. The predicted octanol–water partition coefficient (Wildman–Crippen LogP) is 5.07. The van der Waals surface area contributed by atoms with E-state index < -0.39 is 14.8 Å². The third kappa shape index (κ3) is 4.52. The highest BCUT2D eigenvalue weighted by Gasteiger charge is 2.27. The second-order valence-corrected chi connectivity index (χ2v) is 16.0. The van der Waals surface area contributed by atoms with Gasteiger partial charge >= 0.3 is 0 Å². The lowest BCUT2D eigenvalue weighted by molar-refractivity contribution is 1.30. The number of halogens is 2. The van der Waals surface area contributed by atoms with Gasteiger partial charge in [-0.1, -0.05) is 39.1 Å². The topological polar surface area (TPSA) is 0 Å². The van der Waals surface area contributed by atoms with Crippen molar-refractivity contribution in [2.45, 2.75) is 51.9 Å². The molecule has 0 heterocycles. The van der Waals surface area contributed by atoms with E-state index in [1.54, 1.807) is 0 Å². The van der Waals surface area contributed by atoms with Crippen LogP contribution in [0.25, 0.3) is 0 Å². The van der Waals surface area contributed by atoms with Crippen LogP contribution in [0, 0.1) is 0 Å². The molecule has 0 aliphatic carbocycles. The monoisotopic (exact) mass is 268 g/mol. The van der Waals surface area contributed by atoms with Gasteiger partial charge in [0.05, 0.1) is 0 Å². The lowest BCUT2D eigenvalue weighted by Gasteiger charge is -2.20. The molecule has 0 saturated heterocycles. The molecule has 0 aliphatic rings. The van der Waals surface area contributed by atoms with E-state index in [1.807, 2.05) is 0 Å².